The standard InChI is InChI=1S/C22H25N3O4/c1-14-9-10-15(2)19(11-14)28-16(3)22(26)25(4)13-20-23-21(24-29-20)17-7-6-8-18(12-17)27-5/h6-12,16H,13H2,1-5H3. The summed E-state index contributed by atoms with van der Waals surface area (Å²) in [5.74, 6) is 2.03. The summed E-state index contributed by atoms with van der Waals surface area (Å²) >= 11 is 0. The number of benzene rings is 2. The number of aromatic nitrogens is 2. The first kappa shape index (κ1) is 20.4. The molecule has 1 aromatic heterocycles. The van der Waals surface area contributed by atoms with E-state index in [4.69, 9.17) is 14.0 Å². The fraction of sp³-hybridized carbons (Fsp3) is 0.318. The van der Waals surface area contributed by atoms with Crippen LogP contribution >= 0.6 is 0 Å². The smallest absolute Gasteiger partial charge is 0.263 e. The summed E-state index contributed by atoms with van der Waals surface area (Å²) in [6.07, 6.45) is -0.638. The zero-order valence-corrected chi connectivity index (χ0v) is 17.3. The molecular formula is C22H25N3O4. The minimum atomic E-state index is -0.638. The summed E-state index contributed by atoms with van der Waals surface area (Å²) in [5.41, 5.74) is 2.84. The zero-order valence-electron chi connectivity index (χ0n) is 17.3. The van der Waals surface area contributed by atoms with E-state index in [1.54, 1.807) is 21.1 Å². The molecule has 0 saturated heterocycles. The predicted octanol–water partition coefficient (Wildman–Crippen LogP) is 3.79. The lowest BCUT2D eigenvalue weighted by atomic mass is 10.1. The number of ether oxygens (including phenoxy) is 2. The van der Waals surface area contributed by atoms with Gasteiger partial charge in [-0.1, -0.05) is 29.4 Å². The van der Waals surface area contributed by atoms with Gasteiger partial charge in [0.2, 0.25) is 11.7 Å². The van der Waals surface area contributed by atoms with Gasteiger partial charge in [-0.05, 0) is 50.1 Å². The van der Waals surface area contributed by atoms with Gasteiger partial charge in [0, 0.05) is 12.6 Å². The minimum Gasteiger partial charge on any atom is -0.497 e. The summed E-state index contributed by atoms with van der Waals surface area (Å²) in [5, 5.41) is 4.00. The van der Waals surface area contributed by atoms with Gasteiger partial charge in [-0.15, -0.1) is 0 Å². The Labute approximate surface area is 170 Å². The Morgan fingerprint density at radius 3 is 2.76 bits per heavy atom. The van der Waals surface area contributed by atoms with Crippen molar-refractivity contribution in [1.82, 2.24) is 15.0 Å². The van der Waals surface area contributed by atoms with Crippen LogP contribution in [0.5, 0.6) is 11.5 Å². The second-order valence-electron chi connectivity index (χ2n) is 6.97. The minimum absolute atomic E-state index is 0.174. The summed E-state index contributed by atoms with van der Waals surface area (Å²) in [6, 6.07) is 13.3. The van der Waals surface area contributed by atoms with Crippen molar-refractivity contribution in [3.05, 3.63) is 59.5 Å². The number of rotatable bonds is 7. The third-order valence-electron chi connectivity index (χ3n) is 4.54. The van der Waals surface area contributed by atoms with Gasteiger partial charge in [0.05, 0.1) is 13.7 Å². The van der Waals surface area contributed by atoms with Gasteiger partial charge in [-0.2, -0.15) is 4.98 Å². The van der Waals surface area contributed by atoms with Crippen LogP contribution < -0.4 is 9.47 Å². The van der Waals surface area contributed by atoms with E-state index in [0.717, 1.165) is 16.7 Å². The summed E-state index contributed by atoms with van der Waals surface area (Å²) in [7, 11) is 3.28. The molecule has 0 aliphatic heterocycles. The number of hydrogen-bond donors (Lipinski definition) is 0. The monoisotopic (exact) mass is 395 g/mol. The number of hydrogen-bond acceptors (Lipinski definition) is 6. The van der Waals surface area contributed by atoms with Crippen molar-refractivity contribution in [2.24, 2.45) is 0 Å². The van der Waals surface area contributed by atoms with E-state index in [2.05, 4.69) is 10.1 Å². The van der Waals surface area contributed by atoms with E-state index < -0.39 is 6.10 Å². The van der Waals surface area contributed by atoms with Gasteiger partial charge in [0.15, 0.2) is 6.10 Å². The van der Waals surface area contributed by atoms with E-state index in [9.17, 15) is 4.79 Å². The first-order chi connectivity index (χ1) is 13.9. The predicted molar refractivity (Wildman–Crippen MR) is 109 cm³/mol. The molecule has 1 amide bonds. The van der Waals surface area contributed by atoms with Crippen molar-refractivity contribution in [3.8, 4) is 22.9 Å². The first-order valence-electron chi connectivity index (χ1n) is 9.33. The van der Waals surface area contributed by atoms with Gasteiger partial charge in [-0.3, -0.25) is 4.79 Å². The van der Waals surface area contributed by atoms with Crippen LogP contribution in [0, 0.1) is 13.8 Å². The molecule has 1 unspecified atom stereocenters. The normalized spacial score (nSPS) is 11.8. The van der Waals surface area contributed by atoms with Crippen molar-refractivity contribution in [1.29, 1.82) is 0 Å². The molecule has 152 valence electrons. The maximum atomic E-state index is 12.7. The zero-order chi connectivity index (χ0) is 21.0. The number of likely N-dealkylation sites (N-methyl/N-ethyl adjacent to an activating group) is 1. The number of carbonyl (C=O) groups is 1. The third kappa shape index (κ3) is 4.93. The Balaban J connectivity index is 1.65. The molecule has 2 aromatic carbocycles. The van der Waals surface area contributed by atoms with Crippen LogP contribution in [0.3, 0.4) is 0 Å². The summed E-state index contributed by atoms with van der Waals surface area (Å²) < 4.78 is 16.4. The quantitative estimate of drug-likeness (QED) is 0.606. The molecule has 7 heteroatoms. The van der Waals surface area contributed by atoms with Gasteiger partial charge < -0.3 is 18.9 Å². The van der Waals surface area contributed by atoms with Gasteiger partial charge in [0.25, 0.3) is 5.91 Å². The average Bonchev–Trinajstić information content (AvgIpc) is 3.18. The van der Waals surface area contributed by atoms with E-state index in [1.807, 2.05) is 56.3 Å². The summed E-state index contributed by atoms with van der Waals surface area (Å²) in [6.45, 7) is 5.86. The number of methoxy groups -OCH3 is 1. The third-order valence-corrected chi connectivity index (χ3v) is 4.54. The highest BCUT2D eigenvalue weighted by atomic mass is 16.5. The molecule has 1 atom stereocenters. The maximum absolute atomic E-state index is 12.7. The highest BCUT2D eigenvalue weighted by Crippen LogP contribution is 2.22. The highest BCUT2D eigenvalue weighted by molar-refractivity contribution is 5.80. The van der Waals surface area contributed by atoms with Crippen molar-refractivity contribution >= 4 is 5.91 Å². The molecule has 0 saturated carbocycles. The average molecular weight is 395 g/mol. The van der Waals surface area contributed by atoms with Crippen LogP contribution in [0.1, 0.15) is 23.9 Å². The van der Waals surface area contributed by atoms with Gasteiger partial charge in [-0.25, -0.2) is 0 Å². The van der Waals surface area contributed by atoms with Crippen molar-refractivity contribution in [2.45, 2.75) is 33.4 Å². The molecule has 0 aliphatic carbocycles. The fourth-order valence-corrected chi connectivity index (χ4v) is 2.86. The van der Waals surface area contributed by atoms with Crippen molar-refractivity contribution in [2.75, 3.05) is 14.2 Å². The number of amides is 1. The Hall–Kier alpha value is -3.35. The SMILES string of the molecule is COc1cccc(-c2noc(CN(C)C(=O)C(C)Oc3cc(C)ccc3C)n2)c1. The largest absolute Gasteiger partial charge is 0.497 e. The molecule has 0 spiro atoms. The summed E-state index contributed by atoms with van der Waals surface area (Å²) in [4.78, 5) is 18.6. The van der Waals surface area contributed by atoms with Gasteiger partial charge >= 0.3 is 0 Å². The first-order valence-corrected chi connectivity index (χ1v) is 9.33. The number of aryl methyl sites for hydroxylation is 2. The van der Waals surface area contributed by atoms with Crippen molar-refractivity contribution in [3.63, 3.8) is 0 Å². The molecular weight excluding hydrogens is 370 g/mol. The maximum Gasteiger partial charge on any atom is 0.263 e. The Kier molecular flexibility index (Phi) is 6.16. The molecule has 0 radical (unpaired) electrons. The van der Waals surface area contributed by atoms with Crippen LogP contribution in [-0.4, -0.2) is 41.2 Å². The lowest BCUT2D eigenvalue weighted by Crippen LogP contribution is -2.37. The highest BCUT2D eigenvalue weighted by Gasteiger charge is 2.22. The Morgan fingerprint density at radius 2 is 2.00 bits per heavy atom. The van der Waals surface area contributed by atoms with Gasteiger partial charge in [0.1, 0.15) is 11.5 Å². The molecule has 0 N–H and O–H groups in total. The molecule has 29 heavy (non-hydrogen) atoms. The fourth-order valence-electron chi connectivity index (χ4n) is 2.86. The number of carbonyl (C=O) groups excluding carboxylic acids is 1. The van der Waals surface area contributed by atoms with Crippen LogP contribution in [0.4, 0.5) is 0 Å². The molecule has 3 rings (SSSR count). The van der Waals surface area contributed by atoms with Crippen LogP contribution in [-0.2, 0) is 11.3 Å². The van der Waals surface area contributed by atoms with Crippen LogP contribution in [0.25, 0.3) is 11.4 Å². The number of nitrogens with zero attached hydrogens (tertiary/aromatic N) is 3. The molecule has 0 aliphatic rings. The van der Waals surface area contributed by atoms with Crippen molar-refractivity contribution < 1.29 is 18.8 Å². The second kappa shape index (κ2) is 8.77. The van der Waals surface area contributed by atoms with Crippen LogP contribution in [0.15, 0.2) is 47.0 Å². The molecule has 3 aromatic rings. The topological polar surface area (TPSA) is 77.7 Å². The van der Waals surface area contributed by atoms with Crippen LogP contribution in [0.2, 0.25) is 0 Å². The lowest BCUT2D eigenvalue weighted by molar-refractivity contribution is -0.137. The molecule has 0 bridgehead atoms. The lowest BCUT2D eigenvalue weighted by Gasteiger charge is -2.21. The second-order valence-corrected chi connectivity index (χ2v) is 6.97. The van der Waals surface area contributed by atoms with E-state index >= 15 is 0 Å². The Bertz CT molecular complexity index is 999. The Morgan fingerprint density at radius 1 is 1.21 bits per heavy atom. The molecule has 0 fully saturated rings. The molecule has 7 nitrogen and oxygen atoms in total. The van der Waals surface area contributed by atoms with E-state index in [-0.39, 0.29) is 12.5 Å². The van der Waals surface area contributed by atoms with E-state index in [0.29, 0.717) is 23.2 Å². The van der Waals surface area contributed by atoms with E-state index in [1.165, 1.54) is 4.90 Å². The molecule has 1 heterocycles.